The molecular formula is C11H11Cl4NO. The highest BCUT2D eigenvalue weighted by Gasteiger charge is 2.05. The second kappa shape index (κ2) is 7.34. The van der Waals surface area contributed by atoms with Gasteiger partial charge >= 0.3 is 0 Å². The molecule has 1 rings (SSSR count). The van der Waals surface area contributed by atoms with Crippen molar-refractivity contribution in [3.63, 3.8) is 0 Å². The molecule has 0 bridgehead atoms. The molecule has 0 aromatic heterocycles. The quantitative estimate of drug-likeness (QED) is 0.804. The molecule has 0 spiro atoms. The topological polar surface area (TPSA) is 32.3 Å². The summed E-state index contributed by atoms with van der Waals surface area (Å²) in [4.78, 5) is 0. The maximum atomic E-state index is 9.31. The molecule has 0 saturated heterocycles. The summed E-state index contributed by atoms with van der Waals surface area (Å²) in [7, 11) is 0. The van der Waals surface area contributed by atoms with Crippen molar-refractivity contribution in [2.75, 3.05) is 17.7 Å². The molecule has 0 fully saturated rings. The van der Waals surface area contributed by atoms with Gasteiger partial charge in [0.25, 0.3) is 0 Å². The number of rotatable bonds is 5. The van der Waals surface area contributed by atoms with E-state index in [1.807, 2.05) is 12.1 Å². The van der Waals surface area contributed by atoms with Crippen LogP contribution in [0.5, 0.6) is 0 Å². The molecule has 17 heavy (non-hydrogen) atoms. The van der Waals surface area contributed by atoms with E-state index >= 15 is 0 Å². The molecule has 1 aromatic carbocycles. The minimum Gasteiger partial charge on any atom is -0.390 e. The molecule has 6 heteroatoms. The van der Waals surface area contributed by atoms with E-state index in [0.717, 1.165) is 5.69 Å². The maximum Gasteiger partial charge on any atom is 0.126 e. The molecule has 0 saturated carbocycles. The van der Waals surface area contributed by atoms with E-state index in [4.69, 9.17) is 46.4 Å². The highest BCUT2D eigenvalue weighted by molar-refractivity contribution is 6.66. The lowest BCUT2D eigenvalue weighted by molar-refractivity contribution is 0.211. The largest absolute Gasteiger partial charge is 0.390 e. The van der Waals surface area contributed by atoms with E-state index in [1.54, 1.807) is 12.1 Å². The first-order valence-electron chi connectivity index (χ1n) is 4.83. The van der Waals surface area contributed by atoms with Crippen molar-refractivity contribution in [3.8, 4) is 0 Å². The van der Waals surface area contributed by atoms with Crippen LogP contribution in [0.25, 0.3) is 5.03 Å². The van der Waals surface area contributed by atoms with Gasteiger partial charge in [0.2, 0.25) is 0 Å². The van der Waals surface area contributed by atoms with Crippen LogP contribution >= 0.6 is 46.4 Å². The van der Waals surface area contributed by atoms with Crippen molar-refractivity contribution >= 4 is 57.1 Å². The number of anilines is 1. The van der Waals surface area contributed by atoms with Gasteiger partial charge in [0, 0.05) is 12.2 Å². The summed E-state index contributed by atoms with van der Waals surface area (Å²) < 4.78 is 0.0182. The van der Waals surface area contributed by atoms with Gasteiger partial charge in [-0.1, -0.05) is 46.9 Å². The summed E-state index contributed by atoms with van der Waals surface area (Å²) in [5, 5.41) is 12.6. The lowest BCUT2D eigenvalue weighted by Crippen LogP contribution is -2.20. The standard InChI is InChI=1S/C11H11Cl4NO/c12-5-9(17)6-16-8-3-1-2-7(4-8)10(13)11(14)15/h1-4,9,16-17H,5-6H2. The summed E-state index contributed by atoms with van der Waals surface area (Å²) in [6, 6.07) is 7.23. The van der Waals surface area contributed by atoms with E-state index in [-0.39, 0.29) is 15.4 Å². The molecule has 94 valence electrons. The summed E-state index contributed by atoms with van der Waals surface area (Å²) in [5.41, 5.74) is 1.51. The van der Waals surface area contributed by atoms with Gasteiger partial charge in [0.05, 0.1) is 17.0 Å². The molecule has 0 aliphatic rings. The molecule has 1 aromatic rings. The molecule has 2 nitrogen and oxygen atoms in total. The number of aliphatic hydroxyl groups excluding tert-OH is 1. The third-order valence-electron chi connectivity index (χ3n) is 2.00. The Labute approximate surface area is 120 Å². The van der Waals surface area contributed by atoms with Crippen molar-refractivity contribution in [2.24, 2.45) is 0 Å². The SMILES string of the molecule is OC(CCl)CNc1cccc(C(Cl)=C(Cl)Cl)c1. The van der Waals surface area contributed by atoms with E-state index in [9.17, 15) is 5.11 Å². The van der Waals surface area contributed by atoms with Crippen LogP contribution < -0.4 is 5.32 Å². The van der Waals surface area contributed by atoms with Gasteiger partial charge in [-0.25, -0.2) is 0 Å². The van der Waals surface area contributed by atoms with Crippen LogP contribution in [0.1, 0.15) is 5.56 Å². The average molecular weight is 315 g/mol. The van der Waals surface area contributed by atoms with Gasteiger partial charge in [-0.05, 0) is 17.7 Å². The fourth-order valence-corrected chi connectivity index (χ4v) is 1.61. The van der Waals surface area contributed by atoms with Crippen molar-refractivity contribution in [1.82, 2.24) is 0 Å². The first-order chi connectivity index (χ1) is 8.04. The van der Waals surface area contributed by atoms with Crippen LogP contribution in [0.15, 0.2) is 28.8 Å². The Hall–Kier alpha value is -0.120. The fraction of sp³-hybridized carbons (Fsp3) is 0.273. The number of aliphatic hydroxyl groups is 1. The summed E-state index contributed by atoms with van der Waals surface area (Å²) in [6.07, 6.45) is -0.594. The number of hydrogen-bond donors (Lipinski definition) is 2. The van der Waals surface area contributed by atoms with Crippen LogP contribution in [0.4, 0.5) is 5.69 Å². The molecule has 1 atom stereocenters. The lowest BCUT2D eigenvalue weighted by Gasteiger charge is -2.11. The predicted molar refractivity (Wildman–Crippen MR) is 76.1 cm³/mol. The number of nitrogens with one attached hydrogen (secondary N) is 1. The van der Waals surface area contributed by atoms with Gasteiger partial charge in [-0.15, -0.1) is 11.6 Å². The van der Waals surface area contributed by atoms with E-state index < -0.39 is 6.10 Å². The zero-order valence-electron chi connectivity index (χ0n) is 8.76. The Morgan fingerprint density at radius 3 is 2.59 bits per heavy atom. The lowest BCUT2D eigenvalue weighted by atomic mass is 10.2. The third kappa shape index (κ3) is 4.94. The highest BCUT2D eigenvalue weighted by atomic mass is 35.5. The second-order valence-corrected chi connectivity index (χ2v) is 4.98. The summed E-state index contributed by atoms with van der Waals surface area (Å²) >= 11 is 22.6. The van der Waals surface area contributed by atoms with E-state index in [0.29, 0.717) is 12.1 Å². The van der Waals surface area contributed by atoms with Gasteiger partial charge in [0.1, 0.15) is 4.49 Å². The molecule has 1 unspecified atom stereocenters. The Morgan fingerprint density at radius 1 is 1.29 bits per heavy atom. The summed E-state index contributed by atoms with van der Waals surface area (Å²) in [6.45, 7) is 0.364. The normalized spacial score (nSPS) is 12.1. The zero-order chi connectivity index (χ0) is 12.8. The highest BCUT2D eigenvalue weighted by Crippen LogP contribution is 2.29. The third-order valence-corrected chi connectivity index (χ3v) is 3.34. The van der Waals surface area contributed by atoms with Crippen molar-refractivity contribution < 1.29 is 5.11 Å². The van der Waals surface area contributed by atoms with Crippen LogP contribution in [0.3, 0.4) is 0 Å². The van der Waals surface area contributed by atoms with Crippen molar-refractivity contribution in [2.45, 2.75) is 6.10 Å². The second-order valence-electron chi connectivity index (χ2n) is 3.34. The smallest absolute Gasteiger partial charge is 0.126 e. The Morgan fingerprint density at radius 2 is 2.00 bits per heavy atom. The Balaban J connectivity index is 2.76. The minimum atomic E-state index is -0.594. The zero-order valence-corrected chi connectivity index (χ0v) is 11.8. The molecule has 0 amide bonds. The monoisotopic (exact) mass is 313 g/mol. The minimum absolute atomic E-state index is 0.0182. The van der Waals surface area contributed by atoms with E-state index in [1.165, 1.54) is 0 Å². The Kier molecular flexibility index (Phi) is 6.45. The summed E-state index contributed by atoms with van der Waals surface area (Å²) in [5.74, 6) is 0.181. The molecule has 0 radical (unpaired) electrons. The van der Waals surface area contributed by atoms with Crippen LogP contribution in [0.2, 0.25) is 0 Å². The number of hydrogen-bond acceptors (Lipinski definition) is 2. The van der Waals surface area contributed by atoms with Gasteiger partial charge in [0.15, 0.2) is 0 Å². The molecule has 0 heterocycles. The fourth-order valence-electron chi connectivity index (χ4n) is 1.17. The first-order valence-corrected chi connectivity index (χ1v) is 6.50. The van der Waals surface area contributed by atoms with Gasteiger partial charge in [-0.3, -0.25) is 0 Å². The average Bonchev–Trinajstić information content (AvgIpc) is 2.35. The molecule has 2 N–H and O–H groups in total. The van der Waals surface area contributed by atoms with Crippen LogP contribution in [0, 0.1) is 0 Å². The predicted octanol–water partition coefficient (Wildman–Crippen LogP) is 4.04. The van der Waals surface area contributed by atoms with Crippen LogP contribution in [-0.4, -0.2) is 23.6 Å². The molecular weight excluding hydrogens is 304 g/mol. The van der Waals surface area contributed by atoms with Crippen molar-refractivity contribution in [3.05, 3.63) is 34.3 Å². The van der Waals surface area contributed by atoms with E-state index in [2.05, 4.69) is 5.32 Å². The number of alkyl halides is 1. The number of halogens is 4. The van der Waals surface area contributed by atoms with Crippen LogP contribution in [-0.2, 0) is 0 Å². The Bertz CT molecular complexity index is 404. The van der Waals surface area contributed by atoms with Crippen molar-refractivity contribution in [1.29, 1.82) is 0 Å². The molecule has 0 aliphatic carbocycles. The first kappa shape index (κ1) is 14.9. The number of benzene rings is 1. The maximum absolute atomic E-state index is 9.31. The van der Waals surface area contributed by atoms with Gasteiger partial charge in [-0.2, -0.15) is 0 Å². The molecule has 0 aliphatic heterocycles. The van der Waals surface area contributed by atoms with Gasteiger partial charge < -0.3 is 10.4 Å².